The van der Waals surface area contributed by atoms with Crippen molar-refractivity contribution in [3.05, 3.63) is 95.6 Å². The lowest BCUT2D eigenvalue weighted by Crippen LogP contribution is -2.33. The molecule has 1 aliphatic rings. The minimum atomic E-state index is 0.0704. The number of aromatic nitrogens is 3. The van der Waals surface area contributed by atoms with Crippen LogP contribution in [0.1, 0.15) is 60.4 Å². The Hall–Kier alpha value is -3.02. The Labute approximate surface area is 189 Å². The number of nitrogens with two attached hydrogens (primary N) is 1. The molecule has 0 radical (unpaired) electrons. The first-order chi connectivity index (χ1) is 15.8. The maximum atomic E-state index is 6.49. The first-order valence-electron chi connectivity index (χ1n) is 11.7. The summed E-state index contributed by atoms with van der Waals surface area (Å²) < 4.78 is 0. The van der Waals surface area contributed by atoms with E-state index in [0.29, 0.717) is 6.04 Å². The fraction of sp³-hybridized carbons (Fsp3) is 0.333. The second-order valence-corrected chi connectivity index (χ2v) is 8.79. The highest BCUT2D eigenvalue weighted by atomic mass is 15.2. The summed E-state index contributed by atoms with van der Waals surface area (Å²) >= 11 is 0. The minimum absolute atomic E-state index is 0.0704. The Morgan fingerprint density at radius 2 is 1.88 bits per heavy atom. The predicted octanol–water partition coefficient (Wildman–Crippen LogP) is 5.32. The molecule has 0 spiro atoms. The molecule has 1 aliphatic carbocycles. The van der Waals surface area contributed by atoms with Crippen molar-refractivity contribution in [2.24, 2.45) is 5.73 Å². The molecule has 1 unspecified atom stereocenters. The summed E-state index contributed by atoms with van der Waals surface area (Å²) in [6, 6.07) is 23.3. The van der Waals surface area contributed by atoms with E-state index in [1.165, 1.54) is 23.2 Å². The molecule has 2 atom stereocenters. The van der Waals surface area contributed by atoms with E-state index >= 15 is 0 Å². The number of imidazole rings is 1. The van der Waals surface area contributed by atoms with Gasteiger partial charge in [-0.15, -0.1) is 0 Å². The number of pyridine rings is 1. The monoisotopic (exact) mass is 425 g/mol. The summed E-state index contributed by atoms with van der Waals surface area (Å²) in [5.41, 5.74) is 12.4. The number of para-hydroxylation sites is 2. The molecule has 5 rings (SSSR count). The maximum Gasteiger partial charge on any atom is 0.121 e. The Bertz CT molecular complexity index is 1120. The number of fused-ring (bicyclic) bond motifs is 2. The van der Waals surface area contributed by atoms with Crippen molar-refractivity contribution < 1.29 is 0 Å². The van der Waals surface area contributed by atoms with E-state index < -0.39 is 0 Å². The van der Waals surface area contributed by atoms with Gasteiger partial charge in [-0.1, -0.05) is 48.5 Å². The third-order valence-corrected chi connectivity index (χ3v) is 6.59. The summed E-state index contributed by atoms with van der Waals surface area (Å²) in [7, 11) is 0. The van der Waals surface area contributed by atoms with Gasteiger partial charge in [0.2, 0.25) is 0 Å². The fourth-order valence-corrected chi connectivity index (χ4v) is 4.94. The number of nitrogens with one attached hydrogen (secondary N) is 1. The SMILES string of the molecule is N[C@H](CCCN(Cc1nc2ccccc2[nH]1)C1CCCc2cccnc21)c1ccccc1. The number of aromatic amines is 1. The molecule has 2 aromatic carbocycles. The van der Waals surface area contributed by atoms with Gasteiger partial charge in [0.1, 0.15) is 5.82 Å². The smallest absolute Gasteiger partial charge is 0.121 e. The molecule has 4 aromatic rings. The van der Waals surface area contributed by atoms with Crippen molar-refractivity contribution in [3.63, 3.8) is 0 Å². The van der Waals surface area contributed by atoms with Crippen LogP contribution in [-0.4, -0.2) is 26.4 Å². The third-order valence-electron chi connectivity index (χ3n) is 6.59. The van der Waals surface area contributed by atoms with E-state index in [0.717, 1.165) is 55.6 Å². The summed E-state index contributed by atoms with van der Waals surface area (Å²) in [6.07, 6.45) is 7.38. The second-order valence-electron chi connectivity index (χ2n) is 8.79. The van der Waals surface area contributed by atoms with Crippen molar-refractivity contribution in [3.8, 4) is 0 Å². The van der Waals surface area contributed by atoms with Crippen LogP contribution in [0.4, 0.5) is 0 Å². The van der Waals surface area contributed by atoms with E-state index in [9.17, 15) is 0 Å². The average Bonchev–Trinajstić information content (AvgIpc) is 3.26. The number of hydrogen-bond donors (Lipinski definition) is 2. The molecule has 2 heterocycles. The summed E-state index contributed by atoms with van der Waals surface area (Å²) in [5.74, 6) is 1.02. The zero-order valence-corrected chi connectivity index (χ0v) is 18.5. The molecule has 0 saturated carbocycles. The van der Waals surface area contributed by atoms with Crippen LogP contribution in [0.25, 0.3) is 11.0 Å². The molecule has 164 valence electrons. The molecule has 3 N–H and O–H groups in total. The van der Waals surface area contributed by atoms with Crippen molar-refractivity contribution in [1.82, 2.24) is 19.9 Å². The van der Waals surface area contributed by atoms with Crippen LogP contribution in [0.2, 0.25) is 0 Å². The van der Waals surface area contributed by atoms with Crippen LogP contribution in [0, 0.1) is 0 Å². The standard InChI is InChI=1S/C27H31N5/c28-22(20-9-2-1-3-10-20)13-8-18-32(19-26-30-23-14-4-5-15-24(23)31-26)25-16-6-11-21-12-7-17-29-27(21)25/h1-5,7,9-10,12,14-15,17,22,25H,6,8,11,13,16,18-19,28H2,(H,30,31)/t22-,25?/m1/s1. The number of H-pyrrole nitrogens is 1. The Morgan fingerprint density at radius 3 is 2.75 bits per heavy atom. The van der Waals surface area contributed by atoms with E-state index in [2.05, 4.69) is 58.4 Å². The summed E-state index contributed by atoms with van der Waals surface area (Å²) in [5, 5.41) is 0. The lowest BCUT2D eigenvalue weighted by molar-refractivity contribution is 0.158. The molecule has 0 bridgehead atoms. The quantitative estimate of drug-likeness (QED) is 0.401. The van der Waals surface area contributed by atoms with Gasteiger partial charge in [0.15, 0.2) is 0 Å². The van der Waals surface area contributed by atoms with Gasteiger partial charge in [-0.3, -0.25) is 9.88 Å². The molecule has 0 saturated heterocycles. The Kier molecular flexibility index (Phi) is 6.28. The molecule has 0 aliphatic heterocycles. The number of nitrogens with zero attached hydrogens (tertiary/aromatic N) is 3. The second kappa shape index (κ2) is 9.63. The number of aryl methyl sites for hydroxylation is 1. The van der Waals surface area contributed by atoms with Crippen molar-refractivity contribution >= 4 is 11.0 Å². The molecule has 0 fully saturated rings. The van der Waals surface area contributed by atoms with Crippen molar-refractivity contribution in [1.29, 1.82) is 0 Å². The van der Waals surface area contributed by atoms with Crippen LogP contribution in [-0.2, 0) is 13.0 Å². The zero-order chi connectivity index (χ0) is 21.8. The number of benzene rings is 2. The maximum absolute atomic E-state index is 6.49. The molecular weight excluding hydrogens is 394 g/mol. The minimum Gasteiger partial charge on any atom is -0.341 e. The summed E-state index contributed by atoms with van der Waals surface area (Å²) in [4.78, 5) is 15.7. The van der Waals surface area contributed by atoms with Crippen molar-refractivity contribution in [2.75, 3.05) is 6.54 Å². The Balaban J connectivity index is 1.35. The van der Waals surface area contributed by atoms with Gasteiger partial charge in [-0.05, 0) is 68.0 Å². The van der Waals surface area contributed by atoms with Gasteiger partial charge in [-0.2, -0.15) is 0 Å². The highest BCUT2D eigenvalue weighted by Crippen LogP contribution is 2.34. The van der Waals surface area contributed by atoms with Gasteiger partial charge >= 0.3 is 0 Å². The molecule has 5 heteroatoms. The molecule has 0 amide bonds. The van der Waals surface area contributed by atoms with Crippen LogP contribution < -0.4 is 5.73 Å². The lowest BCUT2D eigenvalue weighted by atomic mass is 9.90. The van der Waals surface area contributed by atoms with Crippen LogP contribution >= 0.6 is 0 Å². The van der Waals surface area contributed by atoms with Crippen LogP contribution in [0.5, 0.6) is 0 Å². The van der Waals surface area contributed by atoms with Crippen LogP contribution in [0.15, 0.2) is 72.9 Å². The van der Waals surface area contributed by atoms with E-state index in [-0.39, 0.29) is 6.04 Å². The largest absolute Gasteiger partial charge is 0.341 e. The van der Waals surface area contributed by atoms with Gasteiger partial charge in [0, 0.05) is 12.2 Å². The van der Waals surface area contributed by atoms with Gasteiger partial charge in [0.25, 0.3) is 0 Å². The molecular formula is C27H31N5. The Morgan fingerprint density at radius 1 is 1.03 bits per heavy atom. The normalized spacial score (nSPS) is 16.9. The average molecular weight is 426 g/mol. The van der Waals surface area contributed by atoms with Gasteiger partial charge in [-0.25, -0.2) is 4.98 Å². The predicted molar refractivity (Wildman–Crippen MR) is 129 cm³/mol. The third kappa shape index (κ3) is 4.59. The zero-order valence-electron chi connectivity index (χ0n) is 18.5. The molecule has 5 nitrogen and oxygen atoms in total. The fourth-order valence-electron chi connectivity index (χ4n) is 4.94. The lowest BCUT2D eigenvalue weighted by Gasteiger charge is -2.34. The van der Waals surface area contributed by atoms with Gasteiger partial charge < -0.3 is 10.7 Å². The highest BCUT2D eigenvalue weighted by Gasteiger charge is 2.27. The highest BCUT2D eigenvalue weighted by molar-refractivity contribution is 5.74. The molecule has 32 heavy (non-hydrogen) atoms. The first kappa shape index (κ1) is 20.9. The van der Waals surface area contributed by atoms with E-state index in [4.69, 9.17) is 15.7 Å². The first-order valence-corrected chi connectivity index (χ1v) is 11.7. The van der Waals surface area contributed by atoms with E-state index in [1.54, 1.807) is 0 Å². The molecule has 2 aromatic heterocycles. The number of hydrogen-bond acceptors (Lipinski definition) is 4. The number of rotatable bonds is 8. The van der Waals surface area contributed by atoms with Gasteiger partial charge in [0.05, 0.1) is 29.3 Å². The van der Waals surface area contributed by atoms with Crippen molar-refractivity contribution in [2.45, 2.75) is 50.7 Å². The summed E-state index contributed by atoms with van der Waals surface area (Å²) in [6.45, 7) is 1.76. The van der Waals surface area contributed by atoms with Crippen LogP contribution in [0.3, 0.4) is 0 Å². The van der Waals surface area contributed by atoms with E-state index in [1.807, 2.05) is 24.4 Å². The topological polar surface area (TPSA) is 70.8 Å².